The largest absolute Gasteiger partial charge is 1.00 e. The van der Waals surface area contributed by atoms with E-state index in [4.69, 9.17) is 10.2 Å². The minimum atomic E-state index is 0. The quantitative estimate of drug-likeness (QED) is 0.316. The van der Waals surface area contributed by atoms with E-state index in [1.165, 1.54) is 0 Å². The zero-order chi connectivity index (χ0) is 10.8. The van der Waals surface area contributed by atoms with E-state index < -0.39 is 0 Å². The second kappa shape index (κ2) is 15.4. The summed E-state index contributed by atoms with van der Waals surface area (Å²) in [4.78, 5) is 0. The monoisotopic (exact) mass is 276 g/mol. The number of hydrogen-bond acceptors (Lipinski definition) is 2. The lowest BCUT2D eigenvalue weighted by Gasteiger charge is -2.12. The Morgan fingerprint density at radius 2 is 1.12 bits per heavy atom. The molecule has 2 atom stereocenters. The molecule has 0 aromatic heterocycles. The number of aliphatic hydroxyl groups excluding tert-OH is 2. The Balaban J connectivity index is -0.000000845. The standard InChI is InChI=1S/C10H24N2O2.2ClH/c1-3-9(7-13)11-5-6-12-10(4-2)8-14;;/h9-14H,3-8H2,1-2H3;2*1H/t9-,10-;;/m0../s1. The normalized spacial score (nSPS) is 13.5. The van der Waals surface area contributed by atoms with Gasteiger partial charge in [-0.3, -0.25) is 0 Å². The molecule has 0 saturated carbocycles. The highest BCUT2D eigenvalue weighted by atomic mass is 35.5. The fraction of sp³-hybridized carbons (Fsp3) is 1.00. The highest BCUT2D eigenvalue weighted by Crippen LogP contribution is 1.80. The Morgan fingerprint density at radius 3 is 1.31 bits per heavy atom. The lowest BCUT2D eigenvalue weighted by molar-refractivity contribution is -0.755. The van der Waals surface area contributed by atoms with Gasteiger partial charge in [0.2, 0.25) is 0 Å². The summed E-state index contributed by atoms with van der Waals surface area (Å²) in [5.41, 5.74) is 0. The molecule has 0 fully saturated rings. The fourth-order valence-corrected chi connectivity index (χ4v) is 1.40. The summed E-state index contributed by atoms with van der Waals surface area (Å²) >= 11 is 0. The van der Waals surface area contributed by atoms with Crippen molar-refractivity contribution in [3.63, 3.8) is 0 Å². The third kappa shape index (κ3) is 10.9. The van der Waals surface area contributed by atoms with Gasteiger partial charge in [0.25, 0.3) is 0 Å². The van der Waals surface area contributed by atoms with Gasteiger partial charge in [-0.2, -0.15) is 0 Å². The summed E-state index contributed by atoms with van der Waals surface area (Å²) in [6.07, 6.45) is 2.02. The molecule has 16 heavy (non-hydrogen) atoms. The first kappa shape index (κ1) is 21.7. The summed E-state index contributed by atoms with van der Waals surface area (Å²) in [7, 11) is 0. The van der Waals surface area contributed by atoms with Crippen molar-refractivity contribution >= 4 is 0 Å². The first-order valence-electron chi connectivity index (χ1n) is 5.66. The highest BCUT2D eigenvalue weighted by molar-refractivity contribution is 4.46. The SMILES string of the molecule is CC[C@@H](CO)[NH2+]CC[NH2+][C@@H](CC)CO.[Cl-].[Cl-]. The van der Waals surface area contributed by atoms with Gasteiger partial charge in [-0.05, 0) is 12.8 Å². The molecule has 0 unspecified atom stereocenters. The molecule has 6 heteroatoms. The minimum absolute atomic E-state index is 0. The van der Waals surface area contributed by atoms with Gasteiger partial charge in [-0.15, -0.1) is 0 Å². The molecule has 0 spiro atoms. The van der Waals surface area contributed by atoms with Crippen molar-refractivity contribution in [3.8, 4) is 0 Å². The van der Waals surface area contributed by atoms with Gasteiger partial charge >= 0.3 is 0 Å². The Kier molecular flexibility index (Phi) is 20.9. The molecule has 0 aliphatic carbocycles. The van der Waals surface area contributed by atoms with Crippen LogP contribution in [0, 0.1) is 0 Å². The average Bonchev–Trinajstić information content (AvgIpc) is 2.24. The van der Waals surface area contributed by atoms with Crippen LogP contribution in [0.25, 0.3) is 0 Å². The number of halogens is 2. The van der Waals surface area contributed by atoms with Gasteiger partial charge in [-0.25, -0.2) is 0 Å². The van der Waals surface area contributed by atoms with Crippen molar-refractivity contribution in [3.05, 3.63) is 0 Å². The van der Waals surface area contributed by atoms with Gasteiger partial charge in [0, 0.05) is 0 Å². The maximum absolute atomic E-state index is 8.95. The van der Waals surface area contributed by atoms with Crippen molar-refractivity contribution < 1.29 is 45.7 Å². The first-order valence-corrected chi connectivity index (χ1v) is 5.66. The smallest absolute Gasteiger partial charge is 0.126 e. The molecule has 0 bridgehead atoms. The zero-order valence-electron chi connectivity index (χ0n) is 10.2. The third-order valence-corrected chi connectivity index (χ3v) is 2.68. The maximum Gasteiger partial charge on any atom is 0.126 e. The average molecular weight is 277 g/mol. The second-order valence-corrected chi connectivity index (χ2v) is 3.75. The van der Waals surface area contributed by atoms with E-state index in [0.29, 0.717) is 12.1 Å². The van der Waals surface area contributed by atoms with Crippen LogP contribution in [-0.4, -0.2) is 48.6 Å². The molecular formula is C10H26Cl2N2O2. The number of nitrogens with two attached hydrogens (primary N) is 2. The molecular weight excluding hydrogens is 251 g/mol. The number of quaternary nitrogens is 2. The Morgan fingerprint density at radius 1 is 0.812 bits per heavy atom. The molecule has 0 saturated heterocycles. The summed E-state index contributed by atoms with van der Waals surface area (Å²) in [6.45, 7) is 6.71. The molecule has 0 aromatic carbocycles. The van der Waals surface area contributed by atoms with E-state index >= 15 is 0 Å². The molecule has 102 valence electrons. The van der Waals surface area contributed by atoms with Gasteiger partial charge in [0.05, 0.1) is 13.2 Å². The van der Waals surface area contributed by atoms with E-state index in [0.717, 1.165) is 25.9 Å². The molecule has 0 aliphatic rings. The molecule has 0 radical (unpaired) electrons. The van der Waals surface area contributed by atoms with Crippen LogP contribution in [0.4, 0.5) is 0 Å². The van der Waals surface area contributed by atoms with E-state index in [-0.39, 0.29) is 38.0 Å². The topological polar surface area (TPSA) is 73.7 Å². The van der Waals surface area contributed by atoms with Crippen LogP contribution in [0.2, 0.25) is 0 Å². The molecule has 6 N–H and O–H groups in total. The Hall–Kier alpha value is 0.420. The summed E-state index contributed by atoms with van der Waals surface area (Å²) < 4.78 is 0. The summed E-state index contributed by atoms with van der Waals surface area (Å²) in [6, 6.07) is 0.690. The van der Waals surface area contributed by atoms with Crippen molar-refractivity contribution in [2.24, 2.45) is 0 Å². The van der Waals surface area contributed by atoms with Crippen LogP contribution >= 0.6 is 0 Å². The summed E-state index contributed by atoms with van der Waals surface area (Å²) in [5, 5.41) is 22.3. The van der Waals surface area contributed by atoms with Crippen LogP contribution < -0.4 is 35.4 Å². The van der Waals surface area contributed by atoms with E-state index in [1.54, 1.807) is 0 Å². The van der Waals surface area contributed by atoms with Crippen molar-refractivity contribution in [2.45, 2.75) is 38.8 Å². The maximum atomic E-state index is 8.95. The van der Waals surface area contributed by atoms with Crippen LogP contribution in [0.5, 0.6) is 0 Å². The first-order chi connectivity index (χ1) is 6.78. The van der Waals surface area contributed by atoms with Gasteiger partial charge in [-0.1, -0.05) is 13.8 Å². The lowest BCUT2D eigenvalue weighted by atomic mass is 10.2. The molecule has 0 aliphatic heterocycles. The van der Waals surface area contributed by atoms with Gasteiger partial charge in [0.1, 0.15) is 25.2 Å². The second-order valence-electron chi connectivity index (χ2n) is 3.75. The minimum Gasteiger partial charge on any atom is -1.00 e. The number of aliphatic hydroxyl groups is 2. The third-order valence-electron chi connectivity index (χ3n) is 2.68. The van der Waals surface area contributed by atoms with E-state index in [2.05, 4.69) is 24.5 Å². The van der Waals surface area contributed by atoms with Crippen molar-refractivity contribution in [1.29, 1.82) is 0 Å². The zero-order valence-corrected chi connectivity index (χ0v) is 11.7. The highest BCUT2D eigenvalue weighted by Gasteiger charge is 2.09. The van der Waals surface area contributed by atoms with Crippen LogP contribution in [-0.2, 0) is 0 Å². The van der Waals surface area contributed by atoms with Crippen LogP contribution in [0.3, 0.4) is 0 Å². The van der Waals surface area contributed by atoms with E-state index in [9.17, 15) is 0 Å². The van der Waals surface area contributed by atoms with E-state index in [1.807, 2.05) is 0 Å². The van der Waals surface area contributed by atoms with Crippen LogP contribution in [0.1, 0.15) is 26.7 Å². The Bertz CT molecular complexity index is 109. The van der Waals surface area contributed by atoms with Crippen molar-refractivity contribution in [1.82, 2.24) is 0 Å². The summed E-state index contributed by atoms with van der Waals surface area (Å²) in [5.74, 6) is 0. The molecule has 0 aromatic rings. The molecule has 0 rings (SSSR count). The number of hydrogen-bond donors (Lipinski definition) is 4. The molecule has 0 amide bonds. The van der Waals surface area contributed by atoms with Crippen LogP contribution in [0.15, 0.2) is 0 Å². The molecule has 4 nitrogen and oxygen atoms in total. The van der Waals surface area contributed by atoms with Gasteiger partial charge in [0.15, 0.2) is 0 Å². The molecule has 0 heterocycles. The predicted molar refractivity (Wildman–Crippen MR) is 55.9 cm³/mol. The number of rotatable bonds is 9. The van der Waals surface area contributed by atoms with Crippen molar-refractivity contribution in [2.75, 3.05) is 26.3 Å². The fourth-order valence-electron chi connectivity index (χ4n) is 1.40. The Labute approximate surface area is 111 Å². The van der Waals surface area contributed by atoms with Gasteiger partial charge < -0.3 is 45.7 Å². The lowest BCUT2D eigenvalue weighted by Crippen LogP contribution is -3.00. The predicted octanol–water partition coefficient (Wildman–Crippen LogP) is -8.34.